The molecule has 0 bridgehead atoms. The van der Waals surface area contributed by atoms with Crippen LogP contribution in [0.15, 0.2) is 48.6 Å². The summed E-state index contributed by atoms with van der Waals surface area (Å²) in [6.07, 6.45) is 77.2. The molecule has 0 saturated heterocycles. The van der Waals surface area contributed by atoms with Gasteiger partial charge in [0.25, 0.3) is 0 Å². The molecule has 15 heteroatoms. The maximum atomic E-state index is 11.1. The fourth-order valence-electron chi connectivity index (χ4n) is 9.19. The van der Waals surface area contributed by atoms with Gasteiger partial charge >= 0.3 is 71.7 Å². The van der Waals surface area contributed by atoms with Crippen LogP contribution in [0, 0.1) is 0 Å². The van der Waals surface area contributed by atoms with Crippen molar-refractivity contribution in [1.82, 2.24) is 0 Å². The average Bonchev–Trinajstić information content (AvgIpc) is 3.50. The van der Waals surface area contributed by atoms with E-state index in [9.17, 15) is 19.2 Å². The maximum Gasteiger partial charge on any atom is 2.00 e. The number of esters is 4. The fourth-order valence-corrected chi connectivity index (χ4v) is 9.52. The molecular weight excluding hydrogens is 1410 g/mol. The van der Waals surface area contributed by atoms with Crippen LogP contribution < -0.4 is 0 Å². The maximum absolute atomic E-state index is 11.1. The first-order valence-electron chi connectivity index (χ1n) is 34.9. The molecule has 0 N–H and O–H groups in total. The SMILES string of the molecule is C.C.CCCCCCCCCCCCC/C=C/C(=O)OCC[S-].CCCCCCCCCCCCC/C=C/C(=O)OCC[S-].CCCCCCCCCCCCC/C=C/C(=O)OCC[S-].CCCCCCCCCCCCC/C=C/C(=O)OCC[S-].S.[Sn+2].[Sn+2]. The van der Waals surface area contributed by atoms with Gasteiger partial charge in [0.15, 0.2) is 0 Å². The molecule has 89 heavy (non-hydrogen) atoms. The summed E-state index contributed by atoms with van der Waals surface area (Å²) in [5.41, 5.74) is 0. The topological polar surface area (TPSA) is 105 Å². The quantitative estimate of drug-likeness (QED) is 0.0145. The van der Waals surface area contributed by atoms with Crippen LogP contribution in [0.4, 0.5) is 0 Å². The van der Waals surface area contributed by atoms with E-state index in [0.29, 0.717) is 49.4 Å². The van der Waals surface area contributed by atoms with Gasteiger partial charge in [-0.2, -0.15) is 13.5 Å². The zero-order valence-corrected chi connectivity index (χ0v) is 66.6. The van der Waals surface area contributed by atoms with E-state index in [2.05, 4.69) is 27.7 Å². The summed E-state index contributed by atoms with van der Waals surface area (Å²) in [4.78, 5) is 44.6. The summed E-state index contributed by atoms with van der Waals surface area (Å²) >= 11 is 18.8. The Bertz CT molecular complexity index is 1230. The third-order valence-electron chi connectivity index (χ3n) is 14.2. The molecule has 0 aliphatic heterocycles. The molecule has 0 fully saturated rings. The van der Waals surface area contributed by atoms with Crippen molar-refractivity contribution in [2.24, 2.45) is 0 Å². The van der Waals surface area contributed by atoms with Crippen molar-refractivity contribution in [2.45, 2.75) is 351 Å². The molecule has 0 rings (SSSR count). The van der Waals surface area contributed by atoms with Gasteiger partial charge in [0, 0.05) is 24.3 Å². The molecule has 0 amide bonds. The number of carbonyl (C=O) groups is 4. The third-order valence-corrected chi connectivity index (χ3v) is 14.9. The first-order valence-corrected chi connectivity index (χ1v) is 37.2. The van der Waals surface area contributed by atoms with Gasteiger partial charge in [-0.15, -0.1) is 23.0 Å². The minimum Gasteiger partial charge on any atom is -0.789 e. The molecular formula is C74H142O8S5Sn2. The Balaban J connectivity index is -0.000000134. The second kappa shape index (κ2) is 104. The number of hydrogen-bond donors (Lipinski definition) is 0. The number of ether oxygens (including phenoxy) is 4. The Morgan fingerprint density at radius 2 is 0.371 bits per heavy atom. The minimum atomic E-state index is -0.261. The zero-order chi connectivity index (χ0) is 62.4. The molecule has 0 saturated carbocycles. The monoisotopic (exact) mass is 1560 g/mol. The van der Waals surface area contributed by atoms with Crippen LogP contribution in [0.3, 0.4) is 0 Å². The van der Waals surface area contributed by atoms with Crippen molar-refractivity contribution >= 4 is 136 Å². The number of hydrogen-bond acceptors (Lipinski definition) is 12. The number of rotatable bonds is 60. The third kappa shape index (κ3) is 113. The number of unbranched alkanes of at least 4 members (excludes halogenated alkanes) is 44. The minimum absolute atomic E-state index is 0. The van der Waals surface area contributed by atoms with E-state index >= 15 is 0 Å². The van der Waals surface area contributed by atoms with E-state index in [-0.39, 0.29) is 100 Å². The predicted molar refractivity (Wildman–Crippen MR) is 409 cm³/mol. The standard InChI is InChI=1S/4C18H34O2S.2CH4.H2S.2Sn/c4*1-2-3-4-5-6-7-8-9-10-11-12-13-14-15-18(19)20-16-17-21;;;;;/h4*14-15,21H,2-13,16-17H2,1H3;2*1H4;1H2;;/q;;;;;;;2*+2/p-4/b4*15-14+;;;;;. The second-order valence-corrected chi connectivity index (χ2v) is 24.0. The van der Waals surface area contributed by atoms with E-state index in [1.54, 1.807) is 0 Å². The Morgan fingerprint density at radius 1 is 0.247 bits per heavy atom. The van der Waals surface area contributed by atoms with Crippen molar-refractivity contribution in [1.29, 1.82) is 0 Å². The first kappa shape index (κ1) is 108. The average molecular weight is 1560 g/mol. The fraction of sp³-hybridized carbons (Fsp3) is 0.838. The zero-order valence-electron chi connectivity index (χ0n) is 56.6. The number of allylic oxidation sites excluding steroid dienone is 4. The summed E-state index contributed by atoms with van der Waals surface area (Å²) in [7, 11) is 0. The largest absolute Gasteiger partial charge is 2.00 e. The molecule has 0 aromatic carbocycles. The van der Waals surface area contributed by atoms with Gasteiger partial charge in [0.05, 0.1) is 26.4 Å². The van der Waals surface area contributed by atoms with Crippen molar-refractivity contribution in [3.05, 3.63) is 48.6 Å². The van der Waals surface area contributed by atoms with Crippen LogP contribution in [0.25, 0.3) is 0 Å². The predicted octanol–water partition coefficient (Wildman–Crippen LogP) is 22.0. The smallest absolute Gasteiger partial charge is 0.789 e. The Kier molecular flexibility index (Phi) is 126. The summed E-state index contributed by atoms with van der Waals surface area (Å²) in [5.74, 6) is 0.837. The molecule has 0 unspecified atom stereocenters. The molecule has 0 atom stereocenters. The van der Waals surface area contributed by atoms with Crippen molar-refractivity contribution in [3.63, 3.8) is 0 Å². The number of carbonyl (C=O) groups excluding carboxylic acids is 4. The van der Waals surface area contributed by atoms with E-state index in [1.165, 1.54) is 307 Å². The molecule has 0 heterocycles. The first-order chi connectivity index (χ1) is 41.2. The van der Waals surface area contributed by atoms with Gasteiger partial charge in [-0.3, -0.25) is 0 Å². The van der Waals surface area contributed by atoms with Crippen LogP contribution in [-0.4, -0.2) is 121 Å². The molecule has 0 aliphatic rings. The Morgan fingerprint density at radius 3 is 0.494 bits per heavy atom. The van der Waals surface area contributed by atoms with E-state index in [4.69, 9.17) is 69.5 Å². The summed E-state index contributed by atoms with van der Waals surface area (Å²) < 4.78 is 19.5. The van der Waals surface area contributed by atoms with Crippen molar-refractivity contribution in [2.75, 3.05) is 49.4 Å². The molecule has 4 radical (unpaired) electrons. The van der Waals surface area contributed by atoms with Gasteiger partial charge in [-0.1, -0.05) is 324 Å². The van der Waals surface area contributed by atoms with Crippen LogP contribution >= 0.6 is 13.5 Å². The van der Waals surface area contributed by atoms with Gasteiger partial charge < -0.3 is 69.5 Å². The summed E-state index contributed by atoms with van der Waals surface area (Å²) in [6.45, 7) is 10.4. The van der Waals surface area contributed by atoms with Crippen LogP contribution in [0.1, 0.15) is 351 Å². The van der Waals surface area contributed by atoms with Crippen molar-refractivity contribution in [3.8, 4) is 0 Å². The molecule has 524 valence electrons. The van der Waals surface area contributed by atoms with E-state index < -0.39 is 0 Å². The Labute approximate surface area is 617 Å². The molecule has 0 spiro atoms. The van der Waals surface area contributed by atoms with Crippen molar-refractivity contribution < 1.29 is 38.1 Å². The van der Waals surface area contributed by atoms with Gasteiger partial charge in [-0.05, 0) is 51.4 Å². The van der Waals surface area contributed by atoms with Gasteiger partial charge in [-0.25, -0.2) is 19.2 Å². The molecule has 0 aliphatic carbocycles. The van der Waals surface area contributed by atoms with Crippen LogP contribution in [0.2, 0.25) is 0 Å². The van der Waals surface area contributed by atoms with Crippen LogP contribution in [-0.2, 0) is 88.6 Å². The summed E-state index contributed by atoms with van der Waals surface area (Å²) in [5, 5.41) is 0. The van der Waals surface area contributed by atoms with E-state index in [1.807, 2.05) is 24.3 Å². The molecule has 0 aromatic heterocycles. The summed E-state index contributed by atoms with van der Waals surface area (Å²) in [6, 6.07) is 0. The Hall–Kier alpha value is 0.187. The molecule has 8 nitrogen and oxygen atoms in total. The van der Waals surface area contributed by atoms with Gasteiger partial charge in [0.1, 0.15) is 0 Å². The molecule has 0 aromatic rings. The second-order valence-electron chi connectivity index (χ2n) is 22.4. The van der Waals surface area contributed by atoms with Crippen LogP contribution in [0.5, 0.6) is 0 Å². The normalized spacial score (nSPS) is 10.5. The van der Waals surface area contributed by atoms with Gasteiger partial charge in [0.2, 0.25) is 0 Å². The van der Waals surface area contributed by atoms with E-state index in [0.717, 1.165) is 25.7 Å².